The van der Waals surface area contributed by atoms with Gasteiger partial charge in [0, 0.05) is 6.04 Å². The van der Waals surface area contributed by atoms with Crippen LogP contribution in [0.25, 0.3) is 0 Å². The van der Waals surface area contributed by atoms with Crippen molar-refractivity contribution in [2.75, 3.05) is 0 Å². The van der Waals surface area contributed by atoms with E-state index in [-0.39, 0.29) is 18.6 Å². The zero-order valence-electron chi connectivity index (χ0n) is 15.1. The van der Waals surface area contributed by atoms with E-state index in [1.54, 1.807) is 31.2 Å². The third-order valence-electron chi connectivity index (χ3n) is 4.12. The van der Waals surface area contributed by atoms with Gasteiger partial charge in [-0.3, -0.25) is 4.79 Å². The molecule has 0 aliphatic heterocycles. The van der Waals surface area contributed by atoms with E-state index in [2.05, 4.69) is 17.4 Å². The maximum absolute atomic E-state index is 12.2. The van der Waals surface area contributed by atoms with Crippen LogP contribution in [0.1, 0.15) is 41.8 Å². The summed E-state index contributed by atoms with van der Waals surface area (Å²) < 4.78 is 5.22. The molecule has 5 heteroatoms. The molecule has 0 aromatic heterocycles. The van der Waals surface area contributed by atoms with E-state index in [9.17, 15) is 9.59 Å². The first kappa shape index (κ1) is 19.7. The normalized spacial score (nSPS) is 12.9. The molecule has 2 aromatic carbocycles. The molecule has 26 heavy (non-hydrogen) atoms. The second-order valence-corrected chi connectivity index (χ2v) is 6.34. The number of amides is 1. The number of aliphatic hydroxyl groups excluding tert-OH is 1. The van der Waals surface area contributed by atoms with Crippen LogP contribution in [0, 0.1) is 0 Å². The van der Waals surface area contributed by atoms with Crippen molar-refractivity contribution in [2.24, 2.45) is 0 Å². The minimum absolute atomic E-state index is 0.0207. The van der Waals surface area contributed by atoms with Crippen LogP contribution in [0.4, 0.5) is 0 Å². The molecule has 5 nitrogen and oxygen atoms in total. The molecule has 0 bridgehead atoms. The number of hydrogen-bond donors (Lipinski definition) is 2. The van der Waals surface area contributed by atoms with Crippen molar-refractivity contribution in [1.82, 2.24) is 5.32 Å². The number of ether oxygens (including phenoxy) is 1. The lowest BCUT2D eigenvalue weighted by molar-refractivity contribution is -0.129. The predicted octanol–water partition coefficient (Wildman–Crippen LogP) is 2.86. The SMILES string of the molecule is C[C@H](CCc1ccccc1)NC(=O)[C@@H](C)OC(=O)c1ccc(CO)cc1. The number of hydrogen-bond acceptors (Lipinski definition) is 4. The molecule has 0 heterocycles. The van der Waals surface area contributed by atoms with Gasteiger partial charge in [0.15, 0.2) is 6.10 Å². The van der Waals surface area contributed by atoms with E-state index in [0.717, 1.165) is 12.8 Å². The van der Waals surface area contributed by atoms with E-state index in [0.29, 0.717) is 11.1 Å². The van der Waals surface area contributed by atoms with Crippen molar-refractivity contribution in [3.05, 3.63) is 71.3 Å². The van der Waals surface area contributed by atoms with Gasteiger partial charge in [-0.25, -0.2) is 4.79 Å². The van der Waals surface area contributed by atoms with Crippen LogP contribution in [-0.2, 0) is 22.6 Å². The van der Waals surface area contributed by atoms with Gasteiger partial charge in [-0.05, 0) is 49.9 Å². The smallest absolute Gasteiger partial charge is 0.338 e. The van der Waals surface area contributed by atoms with Crippen molar-refractivity contribution in [3.8, 4) is 0 Å². The van der Waals surface area contributed by atoms with Crippen molar-refractivity contribution < 1.29 is 19.4 Å². The first-order chi connectivity index (χ1) is 12.5. The first-order valence-corrected chi connectivity index (χ1v) is 8.74. The Balaban J connectivity index is 1.79. The molecule has 0 unspecified atom stereocenters. The fourth-order valence-electron chi connectivity index (χ4n) is 2.49. The summed E-state index contributed by atoms with van der Waals surface area (Å²) in [6.07, 6.45) is 0.798. The monoisotopic (exact) mass is 355 g/mol. The molecule has 2 rings (SSSR count). The van der Waals surface area contributed by atoms with Gasteiger partial charge in [-0.15, -0.1) is 0 Å². The Morgan fingerprint density at radius 2 is 1.65 bits per heavy atom. The molecule has 0 aliphatic rings. The highest BCUT2D eigenvalue weighted by atomic mass is 16.5. The van der Waals surface area contributed by atoms with Crippen molar-refractivity contribution >= 4 is 11.9 Å². The Bertz CT molecular complexity index is 713. The Morgan fingerprint density at radius 3 is 2.27 bits per heavy atom. The van der Waals surface area contributed by atoms with Gasteiger partial charge in [-0.2, -0.15) is 0 Å². The van der Waals surface area contributed by atoms with Gasteiger partial charge < -0.3 is 15.2 Å². The number of nitrogens with one attached hydrogen (secondary N) is 1. The van der Waals surface area contributed by atoms with E-state index < -0.39 is 12.1 Å². The fourth-order valence-corrected chi connectivity index (χ4v) is 2.49. The Kier molecular flexibility index (Phi) is 7.36. The zero-order valence-corrected chi connectivity index (χ0v) is 15.1. The lowest BCUT2D eigenvalue weighted by Gasteiger charge is -2.18. The summed E-state index contributed by atoms with van der Waals surface area (Å²) in [7, 11) is 0. The van der Waals surface area contributed by atoms with Gasteiger partial charge in [0.25, 0.3) is 5.91 Å². The number of aliphatic hydroxyl groups is 1. The molecule has 2 N–H and O–H groups in total. The number of carbonyl (C=O) groups excluding carboxylic acids is 2. The fraction of sp³-hybridized carbons (Fsp3) is 0.333. The van der Waals surface area contributed by atoms with Crippen LogP contribution in [0.5, 0.6) is 0 Å². The Morgan fingerprint density at radius 1 is 1.00 bits per heavy atom. The lowest BCUT2D eigenvalue weighted by atomic mass is 10.1. The highest BCUT2D eigenvalue weighted by Gasteiger charge is 2.20. The van der Waals surface area contributed by atoms with E-state index in [4.69, 9.17) is 9.84 Å². The highest BCUT2D eigenvalue weighted by Crippen LogP contribution is 2.09. The van der Waals surface area contributed by atoms with E-state index in [1.165, 1.54) is 5.56 Å². The standard InChI is InChI=1S/C21H25NO4/c1-15(8-9-17-6-4-3-5-7-17)22-20(24)16(2)26-21(25)19-12-10-18(14-23)11-13-19/h3-7,10-13,15-16,23H,8-9,14H2,1-2H3,(H,22,24)/t15-,16-/m1/s1. The maximum atomic E-state index is 12.2. The molecular formula is C21H25NO4. The quantitative estimate of drug-likeness (QED) is 0.714. The van der Waals surface area contributed by atoms with Crippen LogP contribution >= 0.6 is 0 Å². The molecule has 0 aliphatic carbocycles. The topological polar surface area (TPSA) is 75.6 Å². The average Bonchev–Trinajstić information content (AvgIpc) is 2.67. The van der Waals surface area contributed by atoms with Crippen molar-refractivity contribution in [1.29, 1.82) is 0 Å². The number of carbonyl (C=O) groups is 2. The number of rotatable bonds is 8. The first-order valence-electron chi connectivity index (χ1n) is 8.74. The summed E-state index contributed by atoms with van der Waals surface area (Å²) in [4.78, 5) is 24.3. The second-order valence-electron chi connectivity index (χ2n) is 6.34. The van der Waals surface area contributed by atoms with Gasteiger partial charge in [0.05, 0.1) is 12.2 Å². The molecule has 138 valence electrons. The van der Waals surface area contributed by atoms with Crippen LogP contribution in [0.15, 0.2) is 54.6 Å². The van der Waals surface area contributed by atoms with Gasteiger partial charge >= 0.3 is 5.97 Å². The molecule has 0 spiro atoms. The molecule has 0 fully saturated rings. The van der Waals surface area contributed by atoms with Crippen LogP contribution < -0.4 is 5.32 Å². The minimum Gasteiger partial charge on any atom is -0.449 e. The number of esters is 1. The molecule has 0 saturated carbocycles. The summed E-state index contributed by atoms with van der Waals surface area (Å²) in [6, 6.07) is 16.5. The molecule has 1 amide bonds. The minimum atomic E-state index is -0.876. The van der Waals surface area contributed by atoms with Crippen LogP contribution in [-0.4, -0.2) is 29.1 Å². The van der Waals surface area contributed by atoms with Crippen LogP contribution in [0.3, 0.4) is 0 Å². The van der Waals surface area contributed by atoms with Crippen LogP contribution in [0.2, 0.25) is 0 Å². The summed E-state index contributed by atoms with van der Waals surface area (Å²) >= 11 is 0. The summed E-state index contributed by atoms with van der Waals surface area (Å²) in [6.45, 7) is 3.40. The molecule has 2 aromatic rings. The summed E-state index contributed by atoms with van der Waals surface area (Å²) in [5, 5.41) is 11.9. The molecule has 0 radical (unpaired) electrons. The van der Waals surface area contributed by atoms with Gasteiger partial charge in [-0.1, -0.05) is 42.5 Å². The number of aryl methyl sites for hydroxylation is 1. The predicted molar refractivity (Wildman–Crippen MR) is 99.6 cm³/mol. The Hall–Kier alpha value is -2.66. The van der Waals surface area contributed by atoms with Crippen molar-refractivity contribution in [2.45, 2.75) is 45.4 Å². The summed E-state index contributed by atoms with van der Waals surface area (Å²) in [5.41, 5.74) is 2.28. The molecule has 0 saturated heterocycles. The second kappa shape index (κ2) is 9.73. The average molecular weight is 355 g/mol. The zero-order chi connectivity index (χ0) is 18.9. The lowest BCUT2D eigenvalue weighted by Crippen LogP contribution is -2.41. The third-order valence-corrected chi connectivity index (χ3v) is 4.12. The third kappa shape index (κ3) is 6.01. The van der Waals surface area contributed by atoms with Gasteiger partial charge in [0.1, 0.15) is 0 Å². The van der Waals surface area contributed by atoms with E-state index in [1.807, 2.05) is 25.1 Å². The number of benzene rings is 2. The molecule has 2 atom stereocenters. The largest absolute Gasteiger partial charge is 0.449 e. The van der Waals surface area contributed by atoms with Gasteiger partial charge in [0.2, 0.25) is 0 Å². The maximum Gasteiger partial charge on any atom is 0.338 e. The summed E-state index contributed by atoms with van der Waals surface area (Å²) in [5.74, 6) is -0.875. The van der Waals surface area contributed by atoms with E-state index >= 15 is 0 Å². The Labute approximate surface area is 154 Å². The van der Waals surface area contributed by atoms with Crippen molar-refractivity contribution in [3.63, 3.8) is 0 Å². The highest BCUT2D eigenvalue weighted by molar-refractivity contribution is 5.92. The molecular weight excluding hydrogens is 330 g/mol.